The molecule has 0 saturated carbocycles. The molecule has 58 valence electrons. The predicted octanol–water partition coefficient (Wildman–Crippen LogP) is 3.14. The predicted molar refractivity (Wildman–Crippen MR) is 41.9 cm³/mol. The molecule has 2 heteroatoms. The van der Waals surface area contributed by atoms with Crippen LogP contribution in [-0.4, -0.2) is 12.3 Å². The molecule has 0 bridgehead atoms. The molecule has 0 spiro atoms. The van der Waals surface area contributed by atoms with E-state index in [1.165, 1.54) is 31.6 Å². The summed E-state index contributed by atoms with van der Waals surface area (Å²) in [6.07, 6.45) is 7.19. The first-order chi connectivity index (χ1) is 4.31. The van der Waals surface area contributed by atoms with Crippen molar-refractivity contribution in [3.63, 3.8) is 0 Å². The van der Waals surface area contributed by atoms with Gasteiger partial charge in [-0.15, -0.1) is 0 Å². The Morgan fingerprint density at radius 1 is 1.22 bits per heavy atom. The van der Waals surface area contributed by atoms with Gasteiger partial charge in [-0.2, -0.15) is 0 Å². The molecule has 0 fully saturated rings. The monoisotopic (exact) mass is 290 g/mol. The summed E-state index contributed by atoms with van der Waals surface area (Å²) in [6.45, 7) is 4.57. The second kappa shape index (κ2) is 7.82. The Balaban J connectivity index is 2.88. The number of unbranched alkanes of at least 4 members (excludes halogenated alkanes) is 2. The third kappa shape index (κ3) is 7.61. The molecule has 0 aliphatic carbocycles. The van der Waals surface area contributed by atoms with Crippen molar-refractivity contribution < 1.29 is 35.9 Å². The maximum atomic E-state index is 2.41. The quantitative estimate of drug-likeness (QED) is 0.539. The summed E-state index contributed by atoms with van der Waals surface area (Å²) in [5.41, 5.74) is 0. The fourth-order valence-electron chi connectivity index (χ4n) is 0.684. The molecule has 0 N–H and O–H groups in total. The second-order valence-corrected chi connectivity index (χ2v) is 8.19. The summed E-state index contributed by atoms with van der Waals surface area (Å²) in [4.78, 5) is 0. The van der Waals surface area contributed by atoms with Crippen LogP contribution in [-0.2, 0) is 0 Å². The van der Waals surface area contributed by atoms with Crippen molar-refractivity contribution >= 4 is 3.19 Å². The molecule has 0 aliphatic rings. The molecule has 0 aromatic carbocycles. The van der Waals surface area contributed by atoms with Crippen LogP contribution in [0.5, 0.6) is 0 Å². The van der Waals surface area contributed by atoms with E-state index in [1.807, 2.05) is 0 Å². The molecule has 0 aromatic heterocycles. The van der Waals surface area contributed by atoms with Crippen LogP contribution in [0.15, 0.2) is 0 Å². The van der Waals surface area contributed by atoms with Gasteiger partial charge in [-0.3, -0.25) is 0 Å². The Morgan fingerprint density at radius 3 is 2.33 bits per heavy atom. The van der Waals surface area contributed by atoms with Gasteiger partial charge in [0.15, 0.2) is 0 Å². The molecule has 0 nitrogen and oxygen atoms in total. The van der Waals surface area contributed by atoms with Crippen LogP contribution in [0.3, 0.4) is 0 Å². The first-order valence-corrected chi connectivity index (χ1v) is 8.13. The van der Waals surface area contributed by atoms with Crippen LogP contribution in [0, 0.1) is 35.9 Å². The van der Waals surface area contributed by atoms with Gasteiger partial charge in [0.1, 0.15) is 0 Å². The van der Waals surface area contributed by atoms with Crippen LogP contribution in [0.4, 0.5) is 0 Å². The molecule has 1 atom stereocenters. The Hall–Kier alpha value is 1.72. The van der Waals surface area contributed by atoms with Gasteiger partial charge in [0.25, 0.3) is 0 Å². The van der Waals surface area contributed by atoms with Gasteiger partial charge < -0.3 is 0 Å². The van der Waals surface area contributed by atoms with E-state index in [9.17, 15) is 0 Å². The van der Waals surface area contributed by atoms with E-state index in [0.717, 1.165) is 0 Å². The molecular weight excluding hydrogens is 274 g/mol. The third-order valence-electron chi connectivity index (χ3n) is 1.32. The zero-order chi connectivity index (χ0) is 7.11. The van der Waals surface area contributed by atoms with Gasteiger partial charge in [0, 0.05) is 0 Å². The average molecular weight is 290 g/mol. The Kier molecular flexibility index (Phi) is 9.31. The number of hydrogen-bond acceptors (Lipinski definition) is 0. The Labute approximate surface area is 83.7 Å². The molecule has 9 heavy (non-hydrogen) atoms. The van der Waals surface area contributed by atoms with Gasteiger partial charge in [-0.05, 0) is 0 Å². The van der Waals surface area contributed by atoms with Crippen molar-refractivity contribution in [2.24, 2.45) is 0 Å². The Bertz CT molecular complexity index is 56.9. The minimum absolute atomic E-state index is 0.410. The van der Waals surface area contributed by atoms with Crippen molar-refractivity contribution in [3.05, 3.63) is 0 Å². The first kappa shape index (κ1) is 10.7. The van der Waals surface area contributed by atoms with Crippen LogP contribution in [0.25, 0.3) is 0 Å². The van der Waals surface area contributed by atoms with Crippen LogP contribution in [0.2, 0.25) is 0 Å². The van der Waals surface area contributed by atoms with Gasteiger partial charge in [-0.1, -0.05) is 0 Å². The van der Waals surface area contributed by atoms with E-state index in [1.54, 1.807) is 0 Å². The van der Waals surface area contributed by atoms with Crippen LogP contribution < -0.4 is 0 Å². The summed E-state index contributed by atoms with van der Waals surface area (Å²) < 4.78 is 0.410. The van der Waals surface area contributed by atoms with E-state index in [-0.39, 0.29) is 0 Å². The van der Waals surface area contributed by atoms with Crippen molar-refractivity contribution in [1.82, 2.24) is 0 Å². The topological polar surface area (TPSA) is 0 Å². The zero-order valence-electron chi connectivity index (χ0n) is 6.32. The molecule has 0 rings (SSSR count). The number of rotatable bonds is 5. The van der Waals surface area contributed by atoms with E-state index in [4.69, 9.17) is 0 Å². The molecule has 0 radical (unpaired) electrons. The van der Waals surface area contributed by atoms with Crippen LogP contribution >= 0.6 is 3.19 Å². The summed E-state index contributed by atoms with van der Waals surface area (Å²) in [5, 5.41) is 0. The first-order valence-electron chi connectivity index (χ1n) is 3.70. The SMILES string of the molecule is CCCCC[P]([Tb])CC. The number of hydrogen-bond donors (Lipinski definition) is 0. The van der Waals surface area contributed by atoms with Gasteiger partial charge in [0.05, 0.1) is 0 Å². The molecule has 0 aliphatic heterocycles. The van der Waals surface area contributed by atoms with Crippen molar-refractivity contribution in [2.45, 2.75) is 33.1 Å². The van der Waals surface area contributed by atoms with Gasteiger partial charge >= 0.3 is 84.5 Å². The van der Waals surface area contributed by atoms with Crippen molar-refractivity contribution in [2.75, 3.05) is 12.3 Å². The molecule has 0 aromatic rings. The molecule has 1 unspecified atom stereocenters. The van der Waals surface area contributed by atoms with E-state index >= 15 is 0 Å². The van der Waals surface area contributed by atoms with Crippen molar-refractivity contribution in [1.29, 1.82) is 0 Å². The molecule has 0 amide bonds. The molecule has 0 heterocycles. The zero-order valence-corrected chi connectivity index (χ0v) is 9.35. The summed E-state index contributed by atoms with van der Waals surface area (Å²) >= 11 is 2.41. The fourth-order valence-corrected chi connectivity index (χ4v) is 2.57. The third-order valence-corrected chi connectivity index (χ3v) is 6.23. The van der Waals surface area contributed by atoms with Gasteiger partial charge in [-0.25, -0.2) is 0 Å². The molecular formula is C7H16PTb. The fraction of sp³-hybridized carbons (Fsp3) is 1.00. The summed E-state index contributed by atoms with van der Waals surface area (Å²) in [6, 6.07) is 0. The molecule has 0 saturated heterocycles. The Morgan fingerprint density at radius 2 is 1.89 bits per heavy atom. The summed E-state index contributed by atoms with van der Waals surface area (Å²) in [7, 11) is 0. The summed E-state index contributed by atoms with van der Waals surface area (Å²) in [5.74, 6) is 0. The average Bonchev–Trinajstić information content (AvgIpc) is 1.89. The normalized spacial score (nSPS) is 13.8. The second-order valence-electron chi connectivity index (χ2n) is 2.18. The van der Waals surface area contributed by atoms with Crippen molar-refractivity contribution in [3.8, 4) is 0 Å². The maximum absolute atomic E-state index is 2.41. The van der Waals surface area contributed by atoms with E-state index in [0.29, 0.717) is 3.19 Å². The van der Waals surface area contributed by atoms with Gasteiger partial charge in [0.2, 0.25) is 0 Å². The standard InChI is InChI=1S/C7H16P.Tb/c1-3-5-6-7-8-4-2;/h3-7H2,1-2H3;/q-1;+1. The minimum atomic E-state index is 0.410. The van der Waals surface area contributed by atoms with E-state index < -0.39 is 0 Å². The van der Waals surface area contributed by atoms with E-state index in [2.05, 4.69) is 49.7 Å². The van der Waals surface area contributed by atoms with Crippen LogP contribution in [0.1, 0.15) is 33.1 Å².